The molecule has 0 unspecified atom stereocenters. The highest BCUT2D eigenvalue weighted by atomic mass is 16.5. The third-order valence-corrected chi connectivity index (χ3v) is 2.20. The van der Waals surface area contributed by atoms with Crippen LogP contribution >= 0.6 is 0 Å². The zero-order valence-electron chi connectivity index (χ0n) is 10.2. The van der Waals surface area contributed by atoms with E-state index in [1.807, 2.05) is 32.0 Å². The van der Waals surface area contributed by atoms with Gasteiger partial charge in [-0.05, 0) is 25.5 Å². The van der Waals surface area contributed by atoms with Crippen molar-refractivity contribution in [1.29, 1.82) is 0 Å². The predicted molar refractivity (Wildman–Crippen MR) is 68.1 cm³/mol. The number of hydrogen-bond acceptors (Lipinski definition) is 2. The molecule has 0 atom stereocenters. The van der Waals surface area contributed by atoms with Crippen molar-refractivity contribution in [2.45, 2.75) is 13.8 Å². The van der Waals surface area contributed by atoms with Crippen LogP contribution < -0.4 is 15.4 Å². The number of hydrogen-bond donors (Lipinski definition) is 2. The summed E-state index contributed by atoms with van der Waals surface area (Å²) in [6.45, 7) is 8.09. The van der Waals surface area contributed by atoms with Crippen LogP contribution in [0.3, 0.4) is 0 Å². The van der Waals surface area contributed by atoms with E-state index >= 15 is 0 Å². The molecule has 2 N–H and O–H groups in total. The van der Waals surface area contributed by atoms with Crippen molar-refractivity contribution in [3.05, 3.63) is 42.0 Å². The van der Waals surface area contributed by atoms with Gasteiger partial charge in [-0.15, -0.1) is 6.58 Å². The molecule has 0 aliphatic carbocycles. The minimum Gasteiger partial charge on any atom is -0.473 e. The van der Waals surface area contributed by atoms with E-state index in [2.05, 4.69) is 17.2 Å². The summed E-state index contributed by atoms with van der Waals surface area (Å²) in [4.78, 5) is 11.2. The number of benzene rings is 1. The maximum Gasteiger partial charge on any atom is 0.317 e. The minimum atomic E-state index is -0.269. The molecule has 4 heteroatoms. The van der Waals surface area contributed by atoms with Gasteiger partial charge in [0.25, 0.3) is 0 Å². The lowest BCUT2D eigenvalue weighted by molar-refractivity contribution is 0.224. The number of carbonyl (C=O) groups is 1. The number of nitrogens with one attached hydrogen (secondary N) is 2. The smallest absolute Gasteiger partial charge is 0.317 e. The van der Waals surface area contributed by atoms with E-state index in [9.17, 15) is 4.79 Å². The van der Waals surface area contributed by atoms with Gasteiger partial charge in [0.1, 0.15) is 5.75 Å². The molecule has 0 aromatic heterocycles. The lowest BCUT2D eigenvalue weighted by atomic mass is 10.1. The minimum absolute atomic E-state index is 0.146. The average molecular weight is 234 g/mol. The van der Waals surface area contributed by atoms with E-state index in [1.165, 1.54) is 5.56 Å². The Kier molecular flexibility index (Phi) is 5.07. The summed E-state index contributed by atoms with van der Waals surface area (Å²) in [7, 11) is 0. The van der Waals surface area contributed by atoms with Gasteiger partial charge in [0.15, 0.2) is 6.73 Å². The van der Waals surface area contributed by atoms with Crippen LogP contribution in [-0.2, 0) is 0 Å². The summed E-state index contributed by atoms with van der Waals surface area (Å²) in [6, 6.07) is 5.64. The quantitative estimate of drug-likeness (QED) is 0.605. The molecule has 92 valence electrons. The molecule has 0 saturated heterocycles. The van der Waals surface area contributed by atoms with Gasteiger partial charge in [0.05, 0.1) is 0 Å². The summed E-state index contributed by atoms with van der Waals surface area (Å²) < 4.78 is 5.44. The topological polar surface area (TPSA) is 50.4 Å². The van der Waals surface area contributed by atoms with Crippen LogP contribution in [0.25, 0.3) is 0 Å². The molecule has 0 bridgehead atoms. The Morgan fingerprint density at radius 1 is 1.41 bits per heavy atom. The van der Waals surface area contributed by atoms with Crippen molar-refractivity contribution in [2.24, 2.45) is 0 Å². The maximum absolute atomic E-state index is 11.2. The standard InChI is InChI=1S/C13H18N2O2/c1-4-7-14-13(16)15-9-17-12-6-5-10(2)8-11(12)3/h4-6,8H,1,7,9H2,2-3H3,(H2,14,15,16). The first-order valence-electron chi connectivity index (χ1n) is 5.46. The van der Waals surface area contributed by atoms with Gasteiger partial charge in [-0.25, -0.2) is 4.79 Å². The Balaban J connectivity index is 2.35. The van der Waals surface area contributed by atoms with E-state index < -0.39 is 0 Å². The fourth-order valence-electron chi connectivity index (χ4n) is 1.37. The molecule has 0 heterocycles. The Hall–Kier alpha value is -1.97. The lowest BCUT2D eigenvalue weighted by Crippen LogP contribution is -2.37. The van der Waals surface area contributed by atoms with Crippen molar-refractivity contribution in [2.75, 3.05) is 13.3 Å². The number of rotatable bonds is 5. The second kappa shape index (κ2) is 6.58. The largest absolute Gasteiger partial charge is 0.473 e. The van der Waals surface area contributed by atoms with Crippen LogP contribution in [-0.4, -0.2) is 19.3 Å². The van der Waals surface area contributed by atoms with E-state index in [4.69, 9.17) is 4.74 Å². The molecule has 4 nitrogen and oxygen atoms in total. The Morgan fingerprint density at radius 3 is 2.82 bits per heavy atom. The van der Waals surface area contributed by atoms with Gasteiger partial charge in [0, 0.05) is 6.54 Å². The van der Waals surface area contributed by atoms with Gasteiger partial charge in [0.2, 0.25) is 0 Å². The highest BCUT2D eigenvalue weighted by Gasteiger charge is 2.01. The molecule has 1 aromatic rings. The Labute approximate surface area is 102 Å². The van der Waals surface area contributed by atoms with Crippen molar-refractivity contribution in [3.63, 3.8) is 0 Å². The van der Waals surface area contributed by atoms with E-state index in [0.717, 1.165) is 11.3 Å². The lowest BCUT2D eigenvalue weighted by Gasteiger charge is -2.10. The number of ether oxygens (including phenoxy) is 1. The van der Waals surface area contributed by atoms with Crippen molar-refractivity contribution in [1.82, 2.24) is 10.6 Å². The number of urea groups is 1. The SMILES string of the molecule is C=CCNC(=O)NCOc1ccc(C)cc1C. The van der Waals surface area contributed by atoms with E-state index in [0.29, 0.717) is 6.54 Å². The summed E-state index contributed by atoms with van der Waals surface area (Å²) >= 11 is 0. The highest BCUT2D eigenvalue weighted by molar-refractivity contribution is 5.73. The molecule has 2 amide bonds. The van der Waals surface area contributed by atoms with Gasteiger partial charge in [-0.2, -0.15) is 0 Å². The van der Waals surface area contributed by atoms with E-state index in [-0.39, 0.29) is 12.8 Å². The van der Waals surface area contributed by atoms with Gasteiger partial charge < -0.3 is 15.4 Å². The van der Waals surface area contributed by atoms with Gasteiger partial charge in [-0.1, -0.05) is 23.8 Å². The molecule has 1 rings (SSSR count). The second-order valence-electron chi connectivity index (χ2n) is 3.73. The maximum atomic E-state index is 11.2. The van der Waals surface area contributed by atoms with Crippen LogP contribution in [0.2, 0.25) is 0 Å². The first-order valence-corrected chi connectivity index (χ1v) is 5.46. The molecule has 17 heavy (non-hydrogen) atoms. The molecule has 0 aliphatic heterocycles. The zero-order chi connectivity index (χ0) is 12.7. The second-order valence-corrected chi connectivity index (χ2v) is 3.73. The van der Waals surface area contributed by atoms with Crippen LogP contribution in [0, 0.1) is 13.8 Å². The van der Waals surface area contributed by atoms with Gasteiger partial charge >= 0.3 is 6.03 Å². The van der Waals surface area contributed by atoms with Crippen LogP contribution in [0.4, 0.5) is 4.79 Å². The fourth-order valence-corrected chi connectivity index (χ4v) is 1.37. The average Bonchev–Trinajstić information content (AvgIpc) is 2.29. The van der Waals surface area contributed by atoms with E-state index in [1.54, 1.807) is 6.08 Å². The van der Waals surface area contributed by atoms with Gasteiger partial charge in [-0.3, -0.25) is 0 Å². The summed E-state index contributed by atoms with van der Waals surface area (Å²) in [5.41, 5.74) is 2.24. The molecule has 0 saturated carbocycles. The van der Waals surface area contributed by atoms with Crippen molar-refractivity contribution in [3.8, 4) is 5.75 Å². The monoisotopic (exact) mass is 234 g/mol. The predicted octanol–water partition coefficient (Wildman–Crippen LogP) is 2.12. The Bertz CT molecular complexity index is 402. The number of carbonyl (C=O) groups excluding carboxylic acids is 1. The molecule has 0 fully saturated rings. The first kappa shape index (κ1) is 13.1. The third kappa shape index (κ3) is 4.59. The molecular formula is C13H18N2O2. The van der Waals surface area contributed by atoms with Crippen molar-refractivity contribution < 1.29 is 9.53 Å². The number of aryl methyl sites for hydroxylation is 2. The fraction of sp³-hybridized carbons (Fsp3) is 0.308. The molecule has 0 radical (unpaired) electrons. The van der Waals surface area contributed by atoms with Crippen LogP contribution in [0.15, 0.2) is 30.9 Å². The first-order chi connectivity index (χ1) is 8.13. The highest BCUT2D eigenvalue weighted by Crippen LogP contribution is 2.17. The molecule has 0 spiro atoms. The number of amides is 2. The molecule has 1 aromatic carbocycles. The third-order valence-electron chi connectivity index (χ3n) is 2.20. The van der Waals surface area contributed by atoms with Crippen molar-refractivity contribution >= 4 is 6.03 Å². The zero-order valence-corrected chi connectivity index (χ0v) is 10.2. The summed E-state index contributed by atoms with van der Waals surface area (Å²) in [5.74, 6) is 0.777. The van der Waals surface area contributed by atoms with Crippen LogP contribution in [0.1, 0.15) is 11.1 Å². The summed E-state index contributed by atoms with van der Waals surface area (Å²) in [6.07, 6.45) is 1.62. The van der Waals surface area contributed by atoms with Crippen LogP contribution in [0.5, 0.6) is 5.75 Å². The molecule has 0 aliphatic rings. The summed E-state index contributed by atoms with van der Waals surface area (Å²) in [5, 5.41) is 5.18. The Morgan fingerprint density at radius 2 is 2.18 bits per heavy atom. The molecular weight excluding hydrogens is 216 g/mol. The normalized spacial score (nSPS) is 9.53.